The molecule has 2 fully saturated rings. The number of piperazine rings is 1. The molecule has 2 aliphatic rings. The van der Waals surface area contributed by atoms with Crippen LogP contribution in [0.5, 0.6) is 0 Å². The second-order valence-electron chi connectivity index (χ2n) is 8.74. The van der Waals surface area contributed by atoms with E-state index in [0.717, 1.165) is 50.3 Å². The van der Waals surface area contributed by atoms with Gasteiger partial charge in [-0.3, -0.25) is 4.90 Å². The maximum Gasteiger partial charge on any atom is 0.194 e. The Morgan fingerprint density at radius 2 is 1.84 bits per heavy atom. The Morgan fingerprint density at radius 1 is 1.10 bits per heavy atom. The maximum absolute atomic E-state index is 4.97. The molecule has 0 bridgehead atoms. The maximum atomic E-state index is 4.97. The predicted octanol–water partition coefficient (Wildman–Crippen LogP) is 3.26. The minimum Gasteiger partial charge on any atom is -0.353 e. The fourth-order valence-electron chi connectivity index (χ4n) is 4.41. The van der Waals surface area contributed by atoms with Gasteiger partial charge in [-0.15, -0.1) is 34.2 Å². The predicted molar refractivity (Wildman–Crippen MR) is 136 cm³/mol. The third-order valence-electron chi connectivity index (χ3n) is 6.40. The summed E-state index contributed by atoms with van der Waals surface area (Å²) in [4.78, 5) is 9.94. The minimum absolute atomic E-state index is 0. The van der Waals surface area contributed by atoms with Crippen LogP contribution in [0.2, 0.25) is 0 Å². The monoisotopic (exact) mass is 537 g/mol. The molecule has 1 saturated carbocycles. The molecule has 7 nitrogen and oxygen atoms in total. The molecular weight excluding hydrogens is 501 g/mol. The zero-order valence-corrected chi connectivity index (χ0v) is 21.4. The normalized spacial score (nSPS) is 18.3. The van der Waals surface area contributed by atoms with Crippen LogP contribution in [-0.2, 0) is 20.1 Å². The van der Waals surface area contributed by atoms with Crippen LogP contribution >= 0.6 is 24.0 Å². The van der Waals surface area contributed by atoms with Crippen molar-refractivity contribution in [2.24, 2.45) is 12.0 Å². The molecule has 0 amide bonds. The zero-order valence-electron chi connectivity index (χ0n) is 19.0. The number of halogens is 1. The molecule has 1 aliphatic carbocycles. The van der Waals surface area contributed by atoms with Gasteiger partial charge in [-0.05, 0) is 32.3 Å². The van der Waals surface area contributed by atoms with E-state index >= 15 is 0 Å². The van der Waals surface area contributed by atoms with Crippen molar-refractivity contribution >= 4 is 29.9 Å². The van der Waals surface area contributed by atoms with E-state index in [9.17, 15) is 0 Å². The van der Waals surface area contributed by atoms with E-state index < -0.39 is 0 Å². The molecule has 1 N–H and O–H groups in total. The molecule has 2 heterocycles. The van der Waals surface area contributed by atoms with Gasteiger partial charge in [-0.25, -0.2) is 4.99 Å². The molecule has 1 aromatic heterocycles. The summed E-state index contributed by atoms with van der Waals surface area (Å²) in [6.45, 7) is 9.85. The van der Waals surface area contributed by atoms with Crippen LogP contribution in [0, 0.1) is 13.8 Å². The summed E-state index contributed by atoms with van der Waals surface area (Å²) >= 11 is 0. The highest BCUT2D eigenvalue weighted by Gasteiger charge is 2.23. The lowest BCUT2D eigenvalue weighted by molar-refractivity contribution is 0.171. The first kappa shape index (κ1) is 24.0. The van der Waals surface area contributed by atoms with Crippen LogP contribution < -0.4 is 5.32 Å². The Labute approximate surface area is 203 Å². The number of guanidine groups is 1. The van der Waals surface area contributed by atoms with Gasteiger partial charge in [0, 0.05) is 45.8 Å². The first-order valence-electron chi connectivity index (χ1n) is 11.3. The molecule has 0 atom stereocenters. The Bertz CT molecular complexity index is 865. The molecule has 0 unspecified atom stereocenters. The van der Waals surface area contributed by atoms with Crippen molar-refractivity contribution in [1.82, 2.24) is 29.9 Å². The molecule has 1 aromatic carbocycles. The van der Waals surface area contributed by atoms with E-state index in [-0.39, 0.29) is 24.0 Å². The standard InChI is InChI=1S/C23H35N7.HI/c1-18-7-6-8-20(15-18)17-29-11-13-30(14-12-29)23(25-21-9-4-5-10-21)24-16-22-27-26-19(2)28(22)3;/h6-8,15,21H,4-5,9-14,16-17H2,1-3H3,(H,24,25);1H. The number of aryl methyl sites for hydroxylation is 2. The molecule has 2 aromatic rings. The number of rotatable bonds is 5. The van der Waals surface area contributed by atoms with Crippen molar-refractivity contribution in [3.8, 4) is 0 Å². The van der Waals surface area contributed by atoms with Crippen LogP contribution in [0.1, 0.15) is 48.5 Å². The third kappa shape index (κ3) is 6.41. The number of hydrogen-bond acceptors (Lipinski definition) is 4. The third-order valence-corrected chi connectivity index (χ3v) is 6.40. The highest BCUT2D eigenvalue weighted by Crippen LogP contribution is 2.18. The van der Waals surface area contributed by atoms with Crippen LogP contribution in [0.4, 0.5) is 0 Å². The van der Waals surface area contributed by atoms with Crippen molar-refractivity contribution < 1.29 is 0 Å². The molecular formula is C23H36IN7. The topological polar surface area (TPSA) is 61.6 Å². The van der Waals surface area contributed by atoms with E-state index in [0.29, 0.717) is 12.6 Å². The molecule has 4 rings (SSSR count). The second-order valence-corrected chi connectivity index (χ2v) is 8.74. The Balaban J connectivity index is 0.00000272. The fraction of sp³-hybridized carbons (Fsp3) is 0.609. The Kier molecular flexibility index (Phi) is 8.71. The summed E-state index contributed by atoms with van der Waals surface area (Å²) < 4.78 is 2.02. The molecule has 0 radical (unpaired) electrons. The van der Waals surface area contributed by atoms with Crippen LogP contribution in [-0.4, -0.2) is 62.7 Å². The zero-order chi connectivity index (χ0) is 20.9. The van der Waals surface area contributed by atoms with Crippen molar-refractivity contribution in [3.05, 3.63) is 47.0 Å². The van der Waals surface area contributed by atoms with Gasteiger partial charge in [0.1, 0.15) is 12.4 Å². The number of nitrogens with zero attached hydrogens (tertiary/aromatic N) is 6. The first-order chi connectivity index (χ1) is 14.6. The summed E-state index contributed by atoms with van der Waals surface area (Å²) in [6.07, 6.45) is 5.13. The molecule has 1 aliphatic heterocycles. The molecule has 0 spiro atoms. The van der Waals surface area contributed by atoms with Gasteiger partial charge in [-0.1, -0.05) is 42.7 Å². The lowest BCUT2D eigenvalue weighted by Crippen LogP contribution is -2.53. The smallest absolute Gasteiger partial charge is 0.194 e. The Hall–Kier alpha value is -1.68. The lowest BCUT2D eigenvalue weighted by atomic mass is 10.1. The highest BCUT2D eigenvalue weighted by molar-refractivity contribution is 14.0. The van der Waals surface area contributed by atoms with E-state index in [1.54, 1.807) is 0 Å². The minimum atomic E-state index is 0. The lowest BCUT2D eigenvalue weighted by Gasteiger charge is -2.37. The Morgan fingerprint density at radius 3 is 2.48 bits per heavy atom. The number of hydrogen-bond donors (Lipinski definition) is 1. The van der Waals surface area contributed by atoms with Gasteiger partial charge in [0.05, 0.1) is 0 Å². The first-order valence-corrected chi connectivity index (χ1v) is 11.3. The molecule has 31 heavy (non-hydrogen) atoms. The average Bonchev–Trinajstić information content (AvgIpc) is 3.37. The largest absolute Gasteiger partial charge is 0.353 e. The summed E-state index contributed by atoms with van der Waals surface area (Å²) in [6, 6.07) is 9.40. The van der Waals surface area contributed by atoms with Crippen LogP contribution in [0.15, 0.2) is 29.3 Å². The quantitative estimate of drug-likeness (QED) is 0.361. The SMILES string of the molecule is Cc1cccc(CN2CCN(C(=NCc3nnc(C)n3C)NC3CCCC3)CC2)c1.I. The molecule has 8 heteroatoms. The van der Waals surface area contributed by atoms with Crippen LogP contribution in [0.3, 0.4) is 0 Å². The summed E-state index contributed by atoms with van der Waals surface area (Å²) in [5, 5.41) is 12.2. The van der Waals surface area contributed by atoms with Gasteiger partial charge in [-0.2, -0.15) is 0 Å². The van der Waals surface area contributed by atoms with Gasteiger partial charge in [0.15, 0.2) is 11.8 Å². The van der Waals surface area contributed by atoms with Crippen molar-refractivity contribution in [3.63, 3.8) is 0 Å². The second kappa shape index (κ2) is 11.3. The van der Waals surface area contributed by atoms with Gasteiger partial charge >= 0.3 is 0 Å². The summed E-state index contributed by atoms with van der Waals surface area (Å²) in [7, 11) is 2.01. The fourth-order valence-corrected chi connectivity index (χ4v) is 4.41. The number of benzene rings is 1. The van der Waals surface area contributed by atoms with E-state index in [1.807, 2.05) is 18.5 Å². The molecule has 1 saturated heterocycles. The van der Waals surface area contributed by atoms with Crippen molar-refractivity contribution in [1.29, 1.82) is 0 Å². The van der Waals surface area contributed by atoms with Gasteiger partial charge in [0.2, 0.25) is 0 Å². The van der Waals surface area contributed by atoms with Crippen molar-refractivity contribution in [2.45, 2.75) is 58.7 Å². The van der Waals surface area contributed by atoms with Crippen molar-refractivity contribution in [2.75, 3.05) is 26.2 Å². The van der Waals surface area contributed by atoms with E-state index in [4.69, 9.17) is 4.99 Å². The van der Waals surface area contributed by atoms with E-state index in [1.165, 1.54) is 36.8 Å². The summed E-state index contributed by atoms with van der Waals surface area (Å²) in [5.74, 6) is 2.88. The van der Waals surface area contributed by atoms with Crippen LogP contribution in [0.25, 0.3) is 0 Å². The van der Waals surface area contributed by atoms with Gasteiger partial charge < -0.3 is 14.8 Å². The number of aromatic nitrogens is 3. The number of nitrogens with one attached hydrogen (secondary N) is 1. The highest BCUT2D eigenvalue weighted by atomic mass is 127. The van der Waals surface area contributed by atoms with E-state index in [2.05, 4.69) is 56.5 Å². The summed E-state index contributed by atoms with van der Waals surface area (Å²) in [5.41, 5.74) is 2.74. The average molecular weight is 537 g/mol. The van der Waals surface area contributed by atoms with Gasteiger partial charge in [0.25, 0.3) is 0 Å². The number of aliphatic imine (C=N–C) groups is 1. The molecule has 170 valence electrons.